The molecule has 2 amide bonds. The van der Waals surface area contributed by atoms with Crippen molar-refractivity contribution in [3.05, 3.63) is 0 Å². The van der Waals surface area contributed by atoms with E-state index in [1.54, 1.807) is 0 Å². The van der Waals surface area contributed by atoms with Crippen molar-refractivity contribution in [3.8, 4) is 0 Å². The van der Waals surface area contributed by atoms with E-state index in [1.807, 2.05) is 21.1 Å². The second-order valence-electron chi connectivity index (χ2n) is 3.77. The summed E-state index contributed by atoms with van der Waals surface area (Å²) in [6.45, 7) is 0. The van der Waals surface area contributed by atoms with Crippen LogP contribution in [0.15, 0.2) is 0 Å². The summed E-state index contributed by atoms with van der Waals surface area (Å²) >= 11 is 0. The molecular weight excluding hydrogens is 172 g/mol. The third-order valence-electron chi connectivity index (χ3n) is 1.29. The molecule has 0 aliphatic heterocycles. The molecule has 6 heteroatoms. The van der Waals surface area contributed by atoms with Crippen LogP contribution in [0.4, 0.5) is 0 Å². The van der Waals surface area contributed by atoms with Crippen LogP contribution >= 0.6 is 0 Å². The van der Waals surface area contributed by atoms with E-state index in [4.69, 9.17) is 11.5 Å². The van der Waals surface area contributed by atoms with E-state index in [9.17, 15) is 9.59 Å². The number of hydrogen-bond donors (Lipinski definition) is 3. The van der Waals surface area contributed by atoms with E-state index in [-0.39, 0.29) is 6.42 Å². The van der Waals surface area contributed by atoms with E-state index >= 15 is 0 Å². The van der Waals surface area contributed by atoms with Crippen molar-refractivity contribution in [2.24, 2.45) is 11.5 Å². The minimum absolute atomic E-state index is 0.0785. The van der Waals surface area contributed by atoms with Crippen LogP contribution in [0.5, 0.6) is 0 Å². The van der Waals surface area contributed by atoms with Crippen LogP contribution in [0.1, 0.15) is 6.42 Å². The van der Waals surface area contributed by atoms with Crippen molar-refractivity contribution in [3.63, 3.8) is 0 Å². The quantitative estimate of drug-likeness (QED) is 0.342. The monoisotopic (exact) mass is 189 g/mol. The largest absolute Gasteiger partial charge is 0.370 e. The summed E-state index contributed by atoms with van der Waals surface area (Å²) in [5.41, 5.74) is 12.9. The van der Waals surface area contributed by atoms with Crippen LogP contribution in [-0.4, -0.2) is 43.6 Å². The number of nitrogens with one attached hydrogen (secondary N) is 1. The first-order valence-electron chi connectivity index (χ1n) is 3.89. The van der Waals surface area contributed by atoms with Crippen molar-refractivity contribution in [2.45, 2.75) is 12.5 Å². The normalized spacial score (nSPS) is 13.8. The Labute approximate surface area is 77.4 Å². The molecule has 0 aromatic heterocycles. The lowest BCUT2D eigenvalue weighted by Crippen LogP contribution is -2.58. The molecule has 0 aliphatic carbocycles. The average Bonchev–Trinajstić information content (AvgIpc) is 1.81. The number of rotatable bonds is 5. The van der Waals surface area contributed by atoms with E-state index in [0.717, 1.165) is 0 Å². The Morgan fingerprint density at radius 1 is 1.31 bits per heavy atom. The number of primary amides is 2. The molecule has 6 nitrogen and oxygen atoms in total. The number of quaternary nitrogens is 1. The van der Waals surface area contributed by atoms with Gasteiger partial charge in [0.25, 0.3) is 0 Å². The van der Waals surface area contributed by atoms with Gasteiger partial charge in [-0.15, -0.1) is 0 Å². The number of hydrogen-bond acceptors (Lipinski definition) is 3. The molecule has 5 N–H and O–H groups in total. The Morgan fingerprint density at radius 2 is 1.77 bits per heavy atom. The fourth-order valence-corrected chi connectivity index (χ4v) is 0.879. The van der Waals surface area contributed by atoms with Gasteiger partial charge in [0.05, 0.1) is 27.6 Å². The average molecular weight is 189 g/mol. The highest BCUT2D eigenvalue weighted by Crippen LogP contribution is 1.94. The van der Waals surface area contributed by atoms with Crippen molar-refractivity contribution in [1.29, 1.82) is 0 Å². The SMILES string of the molecule is C[N+](C)(C)NC(CC(N)=O)C(N)=O. The Bertz CT molecular complexity index is 209. The number of carbonyl (C=O) groups excluding carboxylic acids is 2. The van der Waals surface area contributed by atoms with Gasteiger partial charge in [-0.1, -0.05) is 0 Å². The van der Waals surface area contributed by atoms with Crippen LogP contribution in [0.3, 0.4) is 0 Å². The predicted molar refractivity (Wildman–Crippen MR) is 48.0 cm³/mol. The van der Waals surface area contributed by atoms with Gasteiger partial charge in [-0.2, -0.15) is 5.43 Å². The van der Waals surface area contributed by atoms with Gasteiger partial charge in [0.1, 0.15) is 6.04 Å². The van der Waals surface area contributed by atoms with Gasteiger partial charge in [0, 0.05) is 0 Å². The third kappa shape index (κ3) is 6.06. The smallest absolute Gasteiger partial charge is 0.240 e. The second kappa shape index (κ2) is 4.20. The van der Waals surface area contributed by atoms with Crippen molar-refractivity contribution < 1.29 is 14.2 Å². The lowest BCUT2D eigenvalue weighted by atomic mass is 10.2. The Kier molecular flexibility index (Phi) is 3.83. The summed E-state index contributed by atoms with van der Waals surface area (Å²) in [6.07, 6.45) is -0.0785. The molecule has 0 fully saturated rings. The summed E-state index contributed by atoms with van der Waals surface area (Å²) in [7, 11) is 5.45. The first kappa shape index (κ1) is 11.9. The standard InChI is InChI=1S/C7H16N4O2/c1-11(2,3)10-5(7(9)13)4-6(8)12/h5,10H,4H2,1-3H3,(H3-,8,9,12,13)/p+1. The highest BCUT2D eigenvalue weighted by Gasteiger charge is 2.23. The summed E-state index contributed by atoms with van der Waals surface area (Å²) in [5.74, 6) is -1.13. The molecule has 0 rings (SSSR count). The summed E-state index contributed by atoms with van der Waals surface area (Å²) < 4.78 is 0.334. The predicted octanol–water partition coefficient (Wildman–Crippen LogP) is -2.07. The first-order valence-corrected chi connectivity index (χ1v) is 3.89. The summed E-state index contributed by atoms with van der Waals surface area (Å²) in [4.78, 5) is 21.4. The molecule has 1 atom stereocenters. The van der Waals surface area contributed by atoms with Crippen molar-refractivity contribution in [1.82, 2.24) is 5.43 Å². The third-order valence-corrected chi connectivity index (χ3v) is 1.29. The summed E-state index contributed by atoms with van der Waals surface area (Å²) in [5, 5.41) is 0. The topological polar surface area (TPSA) is 98.2 Å². The molecule has 0 heterocycles. The second-order valence-corrected chi connectivity index (χ2v) is 3.77. The molecule has 0 spiro atoms. The molecule has 0 aliphatic rings. The molecule has 0 radical (unpaired) electrons. The Morgan fingerprint density at radius 3 is 2.00 bits per heavy atom. The van der Waals surface area contributed by atoms with E-state index in [0.29, 0.717) is 4.59 Å². The van der Waals surface area contributed by atoms with E-state index in [1.165, 1.54) is 0 Å². The first-order chi connectivity index (χ1) is 5.72. The fraction of sp³-hybridized carbons (Fsp3) is 0.714. The van der Waals surface area contributed by atoms with Crippen molar-refractivity contribution >= 4 is 11.8 Å². The zero-order chi connectivity index (χ0) is 10.6. The number of amides is 2. The van der Waals surface area contributed by atoms with Gasteiger partial charge in [-0.3, -0.25) is 14.2 Å². The molecular formula is C7H17N4O2+. The molecule has 0 aromatic rings. The van der Waals surface area contributed by atoms with Gasteiger partial charge in [-0.25, -0.2) is 0 Å². The van der Waals surface area contributed by atoms with Crippen LogP contribution in [0.25, 0.3) is 0 Å². The van der Waals surface area contributed by atoms with Crippen LogP contribution < -0.4 is 16.9 Å². The number of nitrogens with two attached hydrogens (primary N) is 2. The molecule has 13 heavy (non-hydrogen) atoms. The highest BCUT2D eigenvalue weighted by molar-refractivity contribution is 5.86. The highest BCUT2D eigenvalue weighted by atomic mass is 16.2. The molecule has 0 aromatic carbocycles. The van der Waals surface area contributed by atoms with Gasteiger partial charge >= 0.3 is 0 Å². The van der Waals surface area contributed by atoms with Gasteiger partial charge in [0.2, 0.25) is 11.8 Å². The van der Waals surface area contributed by atoms with Crippen LogP contribution in [0.2, 0.25) is 0 Å². The maximum absolute atomic E-state index is 10.9. The minimum Gasteiger partial charge on any atom is -0.370 e. The van der Waals surface area contributed by atoms with Crippen molar-refractivity contribution in [2.75, 3.05) is 21.1 Å². The van der Waals surface area contributed by atoms with E-state index in [2.05, 4.69) is 5.43 Å². The molecule has 0 saturated heterocycles. The fourth-order valence-electron chi connectivity index (χ4n) is 0.879. The van der Waals surface area contributed by atoms with Gasteiger partial charge in [-0.05, 0) is 0 Å². The minimum atomic E-state index is -0.711. The Hall–Kier alpha value is -1.14. The maximum Gasteiger partial charge on any atom is 0.240 e. The Balaban J connectivity index is 4.27. The van der Waals surface area contributed by atoms with Crippen LogP contribution in [0, 0.1) is 0 Å². The lowest BCUT2D eigenvalue weighted by Gasteiger charge is -2.27. The van der Waals surface area contributed by atoms with Crippen LogP contribution in [-0.2, 0) is 9.59 Å². The lowest BCUT2D eigenvalue weighted by molar-refractivity contribution is -0.917. The molecule has 0 saturated carbocycles. The molecule has 0 bridgehead atoms. The molecule has 76 valence electrons. The zero-order valence-electron chi connectivity index (χ0n) is 8.20. The van der Waals surface area contributed by atoms with E-state index < -0.39 is 17.9 Å². The number of nitrogens with zero attached hydrogens (tertiary/aromatic N) is 1. The summed E-state index contributed by atoms with van der Waals surface area (Å²) in [6, 6.07) is -0.711. The molecule has 1 unspecified atom stereocenters. The maximum atomic E-state index is 10.9. The van der Waals surface area contributed by atoms with Gasteiger partial charge in [0.15, 0.2) is 0 Å². The van der Waals surface area contributed by atoms with Gasteiger partial charge < -0.3 is 11.5 Å². The zero-order valence-corrected chi connectivity index (χ0v) is 8.20. The number of carbonyl (C=O) groups is 2.